The fourth-order valence-corrected chi connectivity index (χ4v) is 2.05. The summed E-state index contributed by atoms with van der Waals surface area (Å²) in [5, 5.41) is 1.13. The molecule has 1 heterocycles. The topological polar surface area (TPSA) is 30.2 Å². The van der Waals surface area contributed by atoms with Gasteiger partial charge in [-0.25, -0.2) is 0 Å². The molecular weight excluding hydrogens is 212 g/mol. The first-order valence-corrected chi connectivity index (χ1v) is 6.20. The number of benzene rings is 1. The molecule has 1 aromatic carbocycles. The quantitative estimate of drug-likeness (QED) is 0.775. The van der Waals surface area contributed by atoms with Crippen molar-refractivity contribution in [1.29, 1.82) is 0 Å². The molecule has 2 rings (SSSR count). The van der Waals surface area contributed by atoms with Gasteiger partial charge >= 0.3 is 0 Å². The largest absolute Gasteiger partial charge is 0.461 e. The second-order valence-electron chi connectivity index (χ2n) is 4.49. The number of fused-ring (bicyclic) bond motifs is 1. The fraction of sp³-hybridized carbons (Fsp3) is 0.400. The summed E-state index contributed by atoms with van der Waals surface area (Å²) >= 11 is 0. The van der Waals surface area contributed by atoms with Crippen molar-refractivity contribution >= 4 is 16.8 Å². The van der Waals surface area contributed by atoms with Crippen LogP contribution in [0.5, 0.6) is 0 Å². The van der Waals surface area contributed by atoms with Crippen molar-refractivity contribution in [2.24, 2.45) is 0 Å². The van der Waals surface area contributed by atoms with Gasteiger partial charge in [0.05, 0.1) is 0 Å². The number of aryl methyl sites for hydroxylation is 2. The molecule has 0 atom stereocenters. The van der Waals surface area contributed by atoms with E-state index in [1.807, 2.05) is 38.1 Å². The monoisotopic (exact) mass is 230 g/mol. The van der Waals surface area contributed by atoms with Crippen LogP contribution in [0, 0.1) is 6.92 Å². The van der Waals surface area contributed by atoms with E-state index in [1.54, 1.807) is 0 Å². The highest BCUT2D eigenvalue weighted by Gasteiger charge is 2.07. The summed E-state index contributed by atoms with van der Waals surface area (Å²) in [6.07, 6.45) is 2.91. The molecule has 2 heteroatoms. The van der Waals surface area contributed by atoms with Gasteiger partial charge in [-0.3, -0.25) is 4.79 Å². The Labute approximate surface area is 102 Å². The highest BCUT2D eigenvalue weighted by atomic mass is 16.3. The van der Waals surface area contributed by atoms with Crippen molar-refractivity contribution in [3.63, 3.8) is 0 Å². The van der Waals surface area contributed by atoms with Crippen LogP contribution in [0.2, 0.25) is 0 Å². The van der Waals surface area contributed by atoms with Crippen LogP contribution < -0.4 is 0 Å². The first-order valence-electron chi connectivity index (χ1n) is 6.20. The van der Waals surface area contributed by atoms with Crippen LogP contribution in [0.15, 0.2) is 28.7 Å². The van der Waals surface area contributed by atoms with Crippen molar-refractivity contribution in [1.82, 2.24) is 0 Å². The second-order valence-corrected chi connectivity index (χ2v) is 4.49. The molecule has 0 fully saturated rings. The third kappa shape index (κ3) is 2.76. The molecule has 17 heavy (non-hydrogen) atoms. The van der Waals surface area contributed by atoms with Gasteiger partial charge in [-0.2, -0.15) is 0 Å². The maximum absolute atomic E-state index is 11.5. The van der Waals surface area contributed by atoms with E-state index in [2.05, 4.69) is 0 Å². The van der Waals surface area contributed by atoms with Crippen LogP contribution >= 0.6 is 0 Å². The van der Waals surface area contributed by atoms with E-state index < -0.39 is 0 Å². The fourth-order valence-electron chi connectivity index (χ4n) is 2.05. The molecule has 0 aliphatic rings. The zero-order chi connectivity index (χ0) is 12.3. The second kappa shape index (κ2) is 5.17. The molecule has 0 amide bonds. The van der Waals surface area contributed by atoms with E-state index in [0.29, 0.717) is 25.0 Å². The molecule has 0 bridgehead atoms. The number of hydrogen-bond acceptors (Lipinski definition) is 2. The van der Waals surface area contributed by atoms with Crippen molar-refractivity contribution in [3.8, 4) is 0 Å². The van der Waals surface area contributed by atoms with E-state index in [9.17, 15) is 4.79 Å². The predicted octanol–water partition coefficient (Wildman–Crippen LogP) is 4.04. The summed E-state index contributed by atoms with van der Waals surface area (Å²) in [4.78, 5) is 11.5. The lowest BCUT2D eigenvalue weighted by atomic mass is 10.1. The molecular formula is C15H18O2. The van der Waals surface area contributed by atoms with Crippen LogP contribution in [0.1, 0.15) is 37.5 Å². The molecule has 0 saturated heterocycles. The Hall–Kier alpha value is -1.57. The number of furan rings is 1. The minimum atomic E-state index is 0.324. The molecule has 0 N–H and O–H groups in total. The van der Waals surface area contributed by atoms with Gasteiger partial charge in [-0.1, -0.05) is 25.1 Å². The Morgan fingerprint density at radius 2 is 2.12 bits per heavy atom. The summed E-state index contributed by atoms with van der Waals surface area (Å²) in [5.74, 6) is 1.24. The Morgan fingerprint density at radius 3 is 2.82 bits per heavy atom. The van der Waals surface area contributed by atoms with E-state index in [-0.39, 0.29) is 0 Å². The highest BCUT2D eigenvalue weighted by molar-refractivity contribution is 5.81. The van der Waals surface area contributed by atoms with E-state index in [0.717, 1.165) is 28.7 Å². The predicted molar refractivity (Wildman–Crippen MR) is 69.2 cm³/mol. The smallest absolute Gasteiger partial charge is 0.137 e. The molecule has 90 valence electrons. The van der Waals surface area contributed by atoms with Crippen molar-refractivity contribution in [3.05, 3.63) is 35.6 Å². The lowest BCUT2D eigenvalue weighted by Gasteiger charge is -1.96. The zero-order valence-corrected chi connectivity index (χ0v) is 10.5. The van der Waals surface area contributed by atoms with Gasteiger partial charge in [0.25, 0.3) is 0 Å². The molecule has 2 aromatic rings. The Kier molecular flexibility index (Phi) is 3.62. The van der Waals surface area contributed by atoms with Gasteiger partial charge in [0.1, 0.15) is 17.1 Å². The first kappa shape index (κ1) is 11.9. The molecule has 0 aliphatic carbocycles. The molecule has 0 unspecified atom stereocenters. The third-order valence-corrected chi connectivity index (χ3v) is 2.97. The standard InChI is InChI=1S/C15H18O2/c1-3-5-13(16)8-9-14-10-12-7-4-6-11(2)15(12)17-14/h4,6-7,10H,3,5,8-9H2,1-2H3. The van der Waals surface area contributed by atoms with Gasteiger partial charge in [0.2, 0.25) is 0 Å². The van der Waals surface area contributed by atoms with Crippen LogP contribution in [-0.2, 0) is 11.2 Å². The van der Waals surface area contributed by atoms with Gasteiger partial charge in [-0.05, 0) is 25.0 Å². The summed E-state index contributed by atoms with van der Waals surface area (Å²) < 4.78 is 5.78. The zero-order valence-electron chi connectivity index (χ0n) is 10.5. The van der Waals surface area contributed by atoms with Gasteiger partial charge in [0, 0.05) is 24.6 Å². The number of ketones is 1. The van der Waals surface area contributed by atoms with Crippen LogP contribution in [-0.4, -0.2) is 5.78 Å². The molecule has 0 radical (unpaired) electrons. The molecule has 0 saturated carbocycles. The van der Waals surface area contributed by atoms with E-state index in [4.69, 9.17) is 4.42 Å². The van der Waals surface area contributed by atoms with Gasteiger partial charge < -0.3 is 4.42 Å². The molecule has 0 spiro atoms. The SMILES string of the molecule is CCCC(=O)CCc1cc2cccc(C)c2o1. The third-order valence-electron chi connectivity index (χ3n) is 2.97. The number of para-hydroxylation sites is 1. The first-order chi connectivity index (χ1) is 8.20. The lowest BCUT2D eigenvalue weighted by Crippen LogP contribution is -1.98. The number of carbonyl (C=O) groups is 1. The molecule has 0 aliphatic heterocycles. The van der Waals surface area contributed by atoms with Crippen LogP contribution in [0.25, 0.3) is 11.0 Å². The minimum Gasteiger partial charge on any atom is -0.461 e. The Bertz CT molecular complexity index is 523. The van der Waals surface area contributed by atoms with Crippen LogP contribution in [0.3, 0.4) is 0 Å². The number of carbonyl (C=O) groups excluding carboxylic acids is 1. The number of Topliss-reactive ketones (excluding diaryl/α,β-unsaturated/α-hetero) is 1. The van der Waals surface area contributed by atoms with Crippen molar-refractivity contribution < 1.29 is 9.21 Å². The minimum absolute atomic E-state index is 0.324. The number of rotatable bonds is 5. The number of hydrogen-bond donors (Lipinski definition) is 0. The molecule has 2 nitrogen and oxygen atoms in total. The van der Waals surface area contributed by atoms with Crippen LogP contribution in [0.4, 0.5) is 0 Å². The summed E-state index contributed by atoms with van der Waals surface area (Å²) in [6.45, 7) is 4.07. The van der Waals surface area contributed by atoms with E-state index >= 15 is 0 Å². The maximum Gasteiger partial charge on any atom is 0.137 e. The van der Waals surface area contributed by atoms with Crippen molar-refractivity contribution in [2.75, 3.05) is 0 Å². The van der Waals surface area contributed by atoms with Gasteiger partial charge in [-0.15, -0.1) is 0 Å². The van der Waals surface area contributed by atoms with Gasteiger partial charge in [0.15, 0.2) is 0 Å². The Morgan fingerprint density at radius 1 is 1.29 bits per heavy atom. The van der Waals surface area contributed by atoms with E-state index in [1.165, 1.54) is 0 Å². The van der Waals surface area contributed by atoms with Crippen molar-refractivity contribution in [2.45, 2.75) is 39.5 Å². The maximum atomic E-state index is 11.5. The molecule has 1 aromatic heterocycles. The summed E-state index contributed by atoms with van der Waals surface area (Å²) in [5.41, 5.74) is 2.10. The Balaban J connectivity index is 2.10. The summed E-state index contributed by atoms with van der Waals surface area (Å²) in [7, 11) is 0. The lowest BCUT2D eigenvalue weighted by molar-refractivity contribution is -0.119. The average Bonchev–Trinajstić information content (AvgIpc) is 2.71. The normalized spacial score (nSPS) is 10.9. The average molecular weight is 230 g/mol. The highest BCUT2D eigenvalue weighted by Crippen LogP contribution is 2.23. The summed E-state index contributed by atoms with van der Waals surface area (Å²) in [6, 6.07) is 8.15.